The number of esters is 1. The molecule has 0 N–H and O–H groups in total. The number of fused-ring (bicyclic) bond motifs is 1. The summed E-state index contributed by atoms with van der Waals surface area (Å²) < 4.78 is 6.28. The molecule has 0 bridgehead atoms. The topological polar surface area (TPSA) is 61.2 Å². The molecule has 1 heterocycles. The van der Waals surface area contributed by atoms with Gasteiger partial charge in [0.1, 0.15) is 12.2 Å². The standard InChI is InChI=1S/C11H14N2O3/c1-2-16-10(15)7-13-11-8(6-12-13)4-3-5-9(11)14/h6H,2-5,7H2,1H3. The van der Waals surface area contributed by atoms with Crippen molar-refractivity contribution in [3.05, 3.63) is 17.5 Å². The summed E-state index contributed by atoms with van der Waals surface area (Å²) in [5.41, 5.74) is 1.53. The molecule has 1 aromatic heterocycles. The molecule has 0 aromatic carbocycles. The third-order valence-electron chi connectivity index (χ3n) is 2.61. The Kier molecular flexibility index (Phi) is 3.03. The van der Waals surface area contributed by atoms with E-state index in [0.717, 1.165) is 18.4 Å². The fraction of sp³-hybridized carbons (Fsp3) is 0.545. The molecule has 0 saturated heterocycles. The predicted octanol–water partition coefficient (Wildman–Crippen LogP) is 0.965. The highest BCUT2D eigenvalue weighted by Gasteiger charge is 2.23. The maximum Gasteiger partial charge on any atom is 0.327 e. The molecular weight excluding hydrogens is 208 g/mol. The molecule has 0 amide bonds. The minimum atomic E-state index is -0.355. The van der Waals surface area contributed by atoms with Crippen molar-refractivity contribution in [2.75, 3.05) is 6.61 Å². The normalized spacial score (nSPS) is 14.7. The van der Waals surface area contributed by atoms with Crippen LogP contribution in [0.1, 0.15) is 35.8 Å². The summed E-state index contributed by atoms with van der Waals surface area (Å²) >= 11 is 0. The van der Waals surface area contributed by atoms with Crippen LogP contribution in [-0.4, -0.2) is 28.1 Å². The van der Waals surface area contributed by atoms with Gasteiger partial charge in [-0.05, 0) is 19.8 Å². The van der Waals surface area contributed by atoms with Crippen molar-refractivity contribution in [2.24, 2.45) is 0 Å². The first-order valence-corrected chi connectivity index (χ1v) is 5.46. The molecule has 5 nitrogen and oxygen atoms in total. The van der Waals surface area contributed by atoms with Crippen molar-refractivity contribution in [3.63, 3.8) is 0 Å². The first kappa shape index (κ1) is 10.9. The lowest BCUT2D eigenvalue weighted by atomic mass is 9.97. The second kappa shape index (κ2) is 4.47. The van der Waals surface area contributed by atoms with E-state index in [0.29, 0.717) is 18.7 Å². The third-order valence-corrected chi connectivity index (χ3v) is 2.61. The van der Waals surface area contributed by atoms with Gasteiger partial charge in [-0.25, -0.2) is 0 Å². The van der Waals surface area contributed by atoms with Gasteiger partial charge >= 0.3 is 5.97 Å². The van der Waals surface area contributed by atoms with E-state index < -0.39 is 0 Å². The summed E-state index contributed by atoms with van der Waals surface area (Å²) in [5, 5.41) is 4.07. The number of carbonyl (C=O) groups is 2. The van der Waals surface area contributed by atoms with E-state index in [1.165, 1.54) is 4.68 Å². The van der Waals surface area contributed by atoms with Crippen LogP contribution in [0.3, 0.4) is 0 Å². The molecule has 0 radical (unpaired) electrons. The van der Waals surface area contributed by atoms with Gasteiger partial charge in [-0.1, -0.05) is 0 Å². The van der Waals surface area contributed by atoms with E-state index >= 15 is 0 Å². The minimum Gasteiger partial charge on any atom is -0.465 e. The van der Waals surface area contributed by atoms with Crippen LogP contribution in [0.25, 0.3) is 0 Å². The van der Waals surface area contributed by atoms with Gasteiger partial charge in [-0.15, -0.1) is 0 Å². The highest BCUT2D eigenvalue weighted by molar-refractivity contribution is 5.97. The molecule has 0 spiro atoms. The average molecular weight is 222 g/mol. The van der Waals surface area contributed by atoms with Gasteiger partial charge in [-0.3, -0.25) is 14.3 Å². The zero-order chi connectivity index (χ0) is 11.5. The van der Waals surface area contributed by atoms with Crippen molar-refractivity contribution < 1.29 is 14.3 Å². The molecule has 1 aliphatic carbocycles. The maximum absolute atomic E-state index is 11.7. The molecular formula is C11H14N2O3. The van der Waals surface area contributed by atoms with Crippen molar-refractivity contribution in [2.45, 2.75) is 32.7 Å². The minimum absolute atomic E-state index is 0.0227. The SMILES string of the molecule is CCOC(=O)Cn1ncc2c1C(=O)CCC2. The summed E-state index contributed by atoms with van der Waals surface area (Å²) in [7, 11) is 0. The number of Topliss-reactive ketones (excluding diaryl/α,β-unsaturated/α-hetero) is 1. The number of hydrogen-bond donors (Lipinski definition) is 0. The van der Waals surface area contributed by atoms with Gasteiger partial charge in [0.15, 0.2) is 5.78 Å². The number of nitrogens with zero attached hydrogens (tertiary/aromatic N) is 2. The van der Waals surface area contributed by atoms with Gasteiger partial charge in [-0.2, -0.15) is 5.10 Å². The molecule has 1 aliphatic rings. The summed E-state index contributed by atoms with van der Waals surface area (Å²) in [4.78, 5) is 23.0. The van der Waals surface area contributed by atoms with Crippen molar-refractivity contribution in [1.82, 2.24) is 9.78 Å². The van der Waals surface area contributed by atoms with Crippen LogP contribution < -0.4 is 0 Å². The average Bonchev–Trinajstić information content (AvgIpc) is 2.63. The Bertz CT molecular complexity index is 423. The zero-order valence-electron chi connectivity index (χ0n) is 9.23. The summed E-state index contributed by atoms with van der Waals surface area (Å²) in [6.45, 7) is 2.12. The summed E-state index contributed by atoms with van der Waals surface area (Å²) in [6, 6.07) is 0. The van der Waals surface area contributed by atoms with Crippen LogP contribution in [0, 0.1) is 0 Å². The maximum atomic E-state index is 11.7. The van der Waals surface area contributed by atoms with E-state index in [2.05, 4.69) is 5.10 Å². The predicted molar refractivity (Wildman–Crippen MR) is 56.1 cm³/mol. The van der Waals surface area contributed by atoms with Gasteiger partial charge in [0.05, 0.1) is 12.8 Å². The monoisotopic (exact) mass is 222 g/mol. The van der Waals surface area contributed by atoms with Gasteiger partial charge < -0.3 is 4.74 Å². The largest absolute Gasteiger partial charge is 0.465 e. The van der Waals surface area contributed by atoms with E-state index in [1.54, 1.807) is 13.1 Å². The lowest BCUT2D eigenvalue weighted by Gasteiger charge is -2.12. The summed E-state index contributed by atoms with van der Waals surface area (Å²) in [5.74, 6) is -0.283. The van der Waals surface area contributed by atoms with Crippen molar-refractivity contribution >= 4 is 11.8 Å². The first-order chi connectivity index (χ1) is 7.72. The Morgan fingerprint density at radius 1 is 1.56 bits per heavy atom. The van der Waals surface area contributed by atoms with Crippen molar-refractivity contribution in [1.29, 1.82) is 0 Å². The van der Waals surface area contributed by atoms with Gasteiger partial charge in [0, 0.05) is 12.0 Å². The smallest absolute Gasteiger partial charge is 0.327 e. The molecule has 0 atom stereocenters. The Morgan fingerprint density at radius 2 is 2.38 bits per heavy atom. The number of hydrogen-bond acceptors (Lipinski definition) is 4. The number of aromatic nitrogens is 2. The van der Waals surface area contributed by atoms with E-state index in [1.807, 2.05) is 0 Å². The quantitative estimate of drug-likeness (QED) is 0.715. The molecule has 0 aliphatic heterocycles. The third kappa shape index (κ3) is 1.98. The second-order valence-corrected chi connectivity index (χ2v) is 3.76. The molecule has 16 heavy (non-hydrogen) atoms. The van der Waals surface area contributed by atoms with E-state index in [-0.39, 0.29) is 18.3 Å². The van der Waals surface area contributed by atoms with Crippen LogP contribution >= 0.6 is 0 Å². The number of rotatable bonds is 3. The highest BCUT2D eigenvalue weighted by atomic mass is 16.5. The van der Waals surface area contributed by atoms with E-state index in [4.69, 9.17) is 4.74 Å². The Labute approximate surface area is 93.4 Å². The number of ether oxygens (including phenoxy) is 1. The molecule has 1 aromatic rings. The van der Waals surface area contributed by atoms with Crippen LogP contribution in [0.15, 0.2) is 6.20 Å². The van der Waals surface area contributed by atoms with E-state index in [9.17, 15) is 9.59 Å². The summed E-state index contributed by atoms with van der Waals surface area (Å²) in [6.07, 6.45) is 3.95. The lowest BCUT2D eigenvalue weighted by Crippen LogP contribution is -2.21. The van der Waals surface area contributed by atoms with Crippen LogP contribution in [0.5, 0.6) is 0 Å². The van der Waals surface area contributed by atoms with Gasteiger partial charge in [0.2, 0.25) is 0 Å². The Morgan fingerprint density at radius 3 is 3.12 bits per heavy atom. The Balaban J connectivity index is 2.19. The lowest BCUT2D eigenvalue weighted by molar-refractivity contribution is -0.144. The fourth-order valence-corrected chi connectivity index (χ4v) is 1.94. The first-order valence-electron chi connectivity index (χ1n) is 5.46. The zero-order valence-corrected chi connectivity index (χ0v) is 9.23. The van der Waals surface area contributed by atoms with Crippen LogP contribution in [0.2, 0.25) is 0 Å². The number of carbonyl (C=O) groups excluding carboxylic acids is 2. The fourth-order valence-electron chi connectivity index (χ4n) is 1.94. The molecule has 0 saturated carbocycles. The van der Waals surface area contributed by atoms with Crippen LogP contribution in [0.4, 0.5) is 0 Å². The molecule has 86 valence electrons. The Hall–Kier alpha value is -1.65. The van der Waals surface area contributed by atoms with Crippen molar-refractivity contribution in [3.8, 4) is 0 Å². The molecule has 0 unspecified atom stereocenters. The number of ketones is 1. The highest BCUT2D eigenvalue weighted by Crippen LogP contribution is 2.20. The molecule has 5 heteroatoms. The second-order valence-electron chi connectivity index (χ2n) is 3.76. The van der Waals surface area contributed by atoms with Gasteiger partial charge in [0.25, 0.3) is 0 Å². The molecule has 0 fully saturated rings. The van der Waals surface area contributed by atoms with Crippen LogP contribution in [-0.2, 0) is 22.5 Å². The molecule has 2 rings (SSSR count). The number of aryl methyl sites for hydroxylation is 1.